The summed E-state index contributed by atoms with van der Waals surface area (Å²) in [7, 11) is 0. The Balaban J connectivity index is 1.29. The number of hydrogen-bond acceptors (Lipinski definition) is 4. The lowest BCUT2D eigenvalue weighted by molar-refractivity contribution is -0.138. The molecule has 4 rings (SSSR count). The Kier molecular flexibility index (Phi) is 7.50. The number of fused-ring (bicyclic) bond motifs is 3. The summed E-state index contributed by atoms with van der Waals surface area (Å²) in [6, 6.07) is 16.0. The largest absolute Gasteiger partial charge is 0.481 e. The van der Waals surface area contributed by atoms with Crippen molar-refractivity contribution in [3.63, 3.8) is 0 Å². The van der Waals surface area contributed by atoms with Crippen molar-refractivity contribution in [2.45, 2.75) is 51.0 Å². The quantitative estimate of drug-likeness (QED) is 0.513. The number of alkyl carbamates (subject to hydrolysis) is 1. The fourth-order valence-electron chi connectivity index (χ4n) is 5.31. The molecule has 2 aliphatic rings. The molecule has 2 amide bonds. The first-order chi connectivity index (χ1) is 16.5. The molecule has 2 aromatic rings. The van der Waals surface area contributed by atoms with Crippen molar-refractivity contribution in [1.82, 2.24) is 10.6 Å². The van der Waals surface area contributed by atoms with Crippen LogP contribution < -0.4 is 10.6 Å². The molecule has 34 heavy (non-hydrogen) atoms. The number of carboxylic acid groups (broad SMARTS) is 1. The Labute approximate surface area is 199 Å². The molecule has 1 unspecified atom stereocenters. The smallest absolute Gasteiger partial charge is 0.407 e. The lowest BCUT2D eigenvalue weighted by Crippen LogP contribution is -2.43. The summed E-state index contributed by atoms with van der Waals surface area (Å²) >= 11 is 0. The van der Waals surface area contributed by atoms with Crippen molar-refractivity contribution in [2.24, 2.45) is 11.8 Å². The first-order valence-electron chi connectivity index (χ1n) is 12.1. The number of carbonyl (C=O) groups excluding carboxylic acids is 2. The van der Waals surface area contributed by atoms with E-state index in [-0.39, 0.29) is 42.7 Å². The van der Waals surface area contributed by atoms with Crippen LogP contribution in [0, 0.1) is 11.8 Å². The van der Waals surface area contributed by atoms with Gasteiger partial charge in [0.1, 0.15) is 6.61 Å². The molecule has 0 spiro atoms. The molecule has 0 bridgehead atoms. The van der Waals surface area contributed by atoms with Crippen molar-refractivity contribution >= 4 is 18.0 Å². The van der Waals surface area contributed by atoms with E-state index in [2.05, 4.69) is 34.9 Å². The molecule has 180 valence electrons. The van der Waals surface area contributed by atoms with E-state index >= 15 is 0 Å². The van der Waals surface area contributed by atoms with E-state index in [4.69, 9.17) is 9.84 Å². The van der Waals surface area contributed by atoms with Crippen LogP contribution in [-0.4, -0.2) is 42.3 Å². The Morgan fingerprint density at radius 1 is 1.03 bits per heavy atom. The van der Waals surface area contributed by atoms with Crippen LogP contribution >= 0.6 is 0 Å². The van der Waals surface area contributed by atoms with Crippen LogP contribution in [0.15, 0.2) is 48.5 Å². The molecule has 3 atom stereocenters. The summed E-state index contributed by atoms with van der Waals surface area (Å²) in [4.78, 5) is 36.2. The first kappa shape index (κ1) is 23.8. The van der Waals surface area contributed by atoms with Crippen LogP contribution in [-0.2, 0) is 14.3 Å². The fraction of sp³-hybridized carbons (Fsp3) is 0.444. The van der Waals surface area contributed by atoms with E-state index in [1.807, 2.05) is 31.2 Å². The van der Waals surface area contributed by atoms with Gasteiger partial charge >= 0.3 is 12.1 Å². The van der Waals surface area contributed by atoms with Gasteiger partial charge in [-0.3, -0.25) is 9.59 Å². The standard InChI is InChI=1S/C27H32N2O5/c1-2-18(14-25(30)31)29-26(32)19-13-7-8-17(19)15-28-27(33)34-16-24-22-11-5-3-9-20(22)21-10-4-6-12-23(21)24/h3-6,9-12,17-19,24H,2,7-8,13-16H2,1H3,(H,28,33)(H,29,32)(H,30,31)/t17-,18?,19-/m1/s1. The topological polar surface area (TPSA) is 105 Å². The molecular formula is C27H32N2O5. The monoisotopic (exact) mass is 464 g/mol. The number of ether oxygens (including phenoxy) is 1. The van der Waals surface area contributed by atoms with Gasteiger partial charge in [0.2, 0.25) is 5.91 Å². The summed E-state index contributed by atoms with van der Waals surface area (Å²) in [6.07, 6.45) is 2.49. The van der Waals surface area contributed by atoms with Crippen molar-refractivity contribution in [2.75, 3.05) is 13.2 Å². The molecule has 0 radical (unpaired) electrons. The van der Waals surface area contributed by atoms with Crippen LogP contribution in [0.1, 0.15) is 56.1 Å². The highest BCUT2D eigenvalue weighted by molar-refractivity contribution is 5.81. The molecule has 2 aromatic carbocycles. The SMILES string of the molecule is CCC(CC(=O)O)NC(=O)[C@@H]1CCC[C@@H]1CNC(=O)OCC1c2ccccc2-c2ccccc21. The summed E-state index contributed by atoms with van der Waals surface area (Å²) < 4.78 is 5.61. The van der Waals surface area contributed by atoms with E-state index in [9.17, 15) is 14.4 Å². The molecule has 1 fully saturated rings. The minimum atomic E-state index is -0.924. The Hall–Kier alpha value is -3.35. The van der Waals surface area contributed by atoms with Gasteiger partial charge in [-0.25, -0.2) is 4.79 Å². The predicted octanol–water partition coefficient (Wildman–Crippen LogP) is 4.31. The van der Waals surface area contributed by atoms with E-state index in [1.54, 1.807) is 0 Å². The molecule has 0 aromatic heterocycles. The second-order valence-electron chi connectivity index (χ2n) is 9.22. The van der Waals surface area contributed by atoms with Crippen molar-refractivity contribution < 1.29 is 24.2 Å². The average molecular weight is 465 g/mol. The van der Waals surface area contributed by atoms with Gasteiger partial charge in [0.25, 0.3) is 0 Å². The van der Waals surface area contributed by atoms with Crippen LogP contribution in [0.3, 0.4) is 0 Å². The van der Waals surface area contributed by atoms with Crippen molar-refractivity contribution in [1.29, 1.82) is 0 Å². The Morgan fingerprint density at radius 3 is 2.29 bits per heavy atom. The van der Waals surface area contributed by atoms with E-state index in [0.717, 1.165) is 30.4 Å². The normalized spacial score (nSPS) is 19.7. The third-order valence-corrected chi connectivity index (χ3v) is 7.11. The molecule has 3 N–H and O–H groups in total. The van der Waals surface area contributed by atoms with Gasteiger partial charge in [0, 0.05) is 24.4 Å². The molecule has 0 aliphatic heterocycles. The highest BCUT2D eigenvalue weighted by atomic mass is 16.5. The second-order valence-corrected chi connectivity index (χ2v) is 9.22. The minimum Gasteiger partial charge on any atom is -0.481 e. The number of benzene rings is 2. The van der Waals surface area contributed by atoms with Gasteiger partial charge in [-0.1, -0.05) is 61.9 Å². The molecule has 7 nitrogen and oxygen atoms in total. The Bertz CT molecular complexity index is 1010. The molecule has 0 saturated heterocycles. The number of nitrogens with one attached hydrogen (secondary N) is 2. The van der Waals surface area contributed by atoms with Crippen LogP contribution in [0.2, 0.25) is 0 Å². The maximum atomic E-state index is 12.7. The Morgan fingerprint density at radius 2 is 1.68 bits per heavy atom. The van der Waals surface area contributed by atoms with Crippen molar-refractivity contribution in [3.05, 3.63) is 59.7 Å². The van der Waals surface area contributed by atoms with Crippen molar-refractivity contribution in [3.8, 4) is 11.1 Å². The lowest BCUT2D eigenvalue weighted by atomic mass is 9.94. The number of carbonyl (C=O) groups is 3. The maximum Gasteiger partial charge on any atom is 0.407 e. The van der Waals surface area contributed by atoms with Gasteiger partial charge in [-0.2, -0.15) is 0 Å². The van der Waals surface area contributed by atoms with E-state index < -0.39 is 12.1 Å². The zero-order valence-corrected chi connectivity index (χ0v) is 19.5. The van der Waals surface area contributed by atoms with E-state index in [0.29, 0.717) is 13.0 Å². The zero-order chi connectivity index (χ0) is 24.1. The van der Waals surface area contributed by atoms with Gasteiger partial charge in [0.05, 0.1) is 6.42 Å². The molecule has 1 saturated carbocycles. The molecular weight excluding hydrogens is 432 g/mol. The van der Waals surface area contributed by atoms with Gasteiger partial charge in [-0.05, 0) is 47.4 Å². The third kappa shape index (κ3) is 5.24. The number of rotatable bonds is 9. The summed E-state index contributed by atoms with van der Waals surface area (Å²) in [5.41, 5.74) is 4.69. The van der Waals surface area contributed by atoms with Gasteiger partial charge in [0.15, 0.2) is 0 Å². The lowest BCUT2D eigenvalue weighted by Gasteiger charge is -2.23. The van der Waals surface area contributed by atoms with E-state index in [1.165, 1.54) is 11.1 Å². The highest BCUT2D eigenvalue weighted by Gasteiger charge is 2.34. The van der Waals surface area contributed by atoms with Crippen LogP contribution in [0.4, 0.5) is 4.79 Å². The third-order valence-electron chi connectivity index (χ3n) is 7.11. The second kappa shape index (κ2) is 10.7. The predicted molar refractivity (Wildman–Crippen MR) is 128 cm³/mol. The number of aliphatic carboxylic acids is 1. The highest BCUT2D eigenvalue weighted by Crippen LogP contribution is 2.44. The van der Waals surface area contributed by atoms with Crippen LogP contribution in [0.25, 0.3) is 11.1 Å². The number of amides is 2. The summed E-state index contributed by atoms with van der Waals surface area (Å²) in [5.74, 6) is -1.25. The molecule has 7 heteroatoms. The first-order valence-corrected chi connectivity index (χ1v) is 12.1. The zero-order valence-electron chi connectivity index (χ0n) is 19.5. The van der Waals surface area contributed by atoms with Gasteiger partial charge in [-0.15, -0.1) is 0 Å². The number of carboxylic acids is 1. The number of hydrogen-bond donors (Lipinski definition) is 3. The molecule has 0 heterocycles. The fourth-order valence-corrected chi connectivity index (χ4v) is 5.31. The molecule has 2 aliphatic carbocycles. The summed E-state index contributed by atoms with van der Waals surface area (Å²) in [6.45, 7) is 2.48. The minimum absolute atomic E-state index is 0.00312. The van der Waals surface area contributed by atoms with Crippen LogP contribution in [0.5, 0.6) is 0 Å². The van der Waals surface area contributed by atoms with Gasteiger partial charge < -0.3 is 20.5 Å². The summed E-state index contributed by atoms with van der Waals surface area (Å²) in [5, 5.41) is 14.7. The average Bonchev–Trinajstić information content (AvgIpc) is 3.43. The maximum absolute atomic E-state index is 12.7.